The minimum atomic E-state index is -0.461. The van der Waals surface area contributed by atoms with E-state index in [1.165, 1.54) is 12.1 Å². The molecule has 0 spiro atoms. The second-order valence-electron chi connectivity index (χ2n) is 5.23. The Kier molecular flexibility index (Phi) is 3.96. The lowest BCUT2D eigenvalue weighted by Gasteiger charge is -2.27. The van der Waals surface area contributed by atoms with Gasteiger partial charge in [-0.1, -0.05) is 0 Å². The molecular weight excluding hydrogens is 279 g/mol. The Labute approximate surface area is 121 Å². The molecule has 0 radical (unpaired) electrons. The van der Waals surface area contributed by atoms with Gasteiger partial charge >= 0.3 is 0 Å². The fourth-order valence-corrected chi connectivity index (χ4v) is 3.81. The fourth-order valence-electron chi connectivity index (χ4n) is 2.70. The lowest BCUT2D eigenvalue weighted by atomic mass is 10.0. The zero-order valence-electron chi connectivity index (χ0n) is 10.9. The standard InChI is InChI=1S/C14H17FN2O2S/c15-8-1-2-13-10(5-8)11(3-4-20-13)17-14(19)12-6-9(18)7-16-12/h1-2,5,9,11-12,16,18H,3-4,6-7H2,(H,17,19). The number of hydrogen-bond donors (Lipinski definition) is 3. The molecule has 1 fully saturated rings. The van der Waals surface area contributed by atoms with Gasteiger partial charge < -0.3 is 15.7 Å². The number of carbonyl (C=O) groups excluding carboxylic acids is 1. The zero-order valence-corrected chi connectivity index (χ0v) is 11.8. The summed E-state index contributed by atoms with van der Waals surface area (Å²) in [7, 11) is 0. The summed E-state index contributed by atoms with van der Waals surface area (Å²) in [5.74, 6) is 0.512. The Morgan fingerprint density at radius 3 is 3.10 bits per heavy atom. The van der Waals surface area contributed by atoms with E-state index in [1.807, 2.05) is 0 Å². The van der Waals surface area contributed by atoms with Crippen LogP contribution in [0.5, 0.6) is 0 Å². The number of aliphatic hydroxyl groups excluding tert-OH is 1. The number of amides is 1. The fraction of sp³-hybridized carbons (Fsp3) is 0.500. The van der Waals surface area contributed by atoms with Crippen molar-refractivity contribution in [3.8, 4) is 0 Å². The van der Waals surface area contributed by atoms with Gasteiger partial charge in [0.2, 0.25) is 5.91 Å². The molecule has 0 bridgehead atoms. The van der Waals surface area contributed by atoms with Gasteiger partial charge in [0.25, 0.3) is 0 Å². The third-order valence-corrected chi connectivity index (χ3v) is 4.87. The van der Waals surface area contributed by atoms with Crippen LogP contribution in [-0.2, 0) is 4.79 Å². The lowest BCUT2D eigenvalue weighted by Crippen LogP contribution is -2.42. The normalized spacial score (nSPS) is 29.0. The molecule has 0 saturated carbocycles. The number of halogens is 1. The second kappa shape index (κ2) is 5.71. The Morgan fingerprint density at radius 1 is 1.50 bits per heavy atom. The first-order valence-electron chi connectivity index (χ1n) is 6.77. The maximum absolute atomic E-state index is 13.4. The average molecular weight is 296 g/mol. The highest BCUT2D eigenvalue weighted by atomic mass is 32.2. The molecule has 0 aromatic heterocycles. The van der Waals surface area contributed by atoms with E-state index in [9.17, 15) is 14.3 Å². The number of thioether (sulfide) groups is 1. The van der Waals surface area contributed by atoms with Gasteiger partial charge in [-0.15, -0.1) is 11.8 Å². The Bertz CT molecular complexity index is 526. The molecule has 3 rings (SSSR count). The second-order valence-corrected chi connectivity index (χ2v) is 6.37. The lowest BCUT2D eigenvalue weighted by molar-refractivity contribution is -0.123. The van der Waals surface area contributed by atoms with Crippen molar-refractivity contribution in [2.24, 2.45) is 0 Å². The SMILES string of the molecule is O=C(NC1CCSc2ccc(F)cc21)C1CC(O)CN1. The molecule has 6 heteroatoms. The molecule has 4 nitrogen and oxygen atoms in total. The summed E-state index contributed by atoms with van der Waals surface area (Å²) in [6, 6.07) is 4.23. The summed E-state index contributed by atoms with van der Waals surface area (Å²) in [5, 5.41) is 15.4. The number of β-amino-alcohol motifs (C(OH)–C–C–N with tert-alkyl or cyclic N) is 1. The Morgan fingerprint density at radius 2 is 2.35 bits per heavy atom. The predicted molar refractivity (Wildman–Crippen MR) is 75.0 cm³/mol. The summed E-state index contributed by atoms with van der Waals surface area (Å²) < 4.78 is 13.4. The van der Waals surface area contributed by atoms with Crippen LogP contribution in [0.15, 0.2) is 23.1 Å². The minimum Gasteiger partial charge on any atom is -0.392 e. The van der Waals surface area contributed by atoms with E-state index in [0.29, 0.717) is 13.0 Å². The van der Waals surface area contributed by atoms with Crippen LogP contribution in [0.4, 0.5) is 4.39 Å². The molecule has 108 valence electrons. The van der Waals surface area contributed by atoms with Crippen LogP contribution in [0.2, 0.25) is 0 Å². The van der Waals surface area contributed by atoms with Gasteiger partial charge in [-0.05, 0) is 36.6 Å². The highest BCUT2D eigenvalue weighted by Crippen LogP contribution is 2.36. The monoisotopic (exact) mass is 296 g/mol. The summed E-state index contributed by atoms with van der Waals surface area (Å²) >= 11 is 1.69. The zero-order chi connectivity index (χ0) is 14.1. The first kappa shape index (κ1) is 13.9. The number of hydrogen-bond acceptors (Lipinski definition) is 4. The molecule has 1 aromatic rings. The van der Waals surface area contributed by atoms with E-state index in [0.717, 1.165) is 22.6 Å². The third-order valence-electron chi connectivity index (χ3n) is 3.75. The predicted octanol–water partition coefficient (Wildman–Crippen LogP) is 1.20. The largest absolute Gasteiger partial charge is 0.392 e. The van der Waals surface area contributed by atoms with Gasteiger partial charge in [0.05, 0.1) is 18.2 Å². The van der Waals surface area contributed by atoms with Gasteiger partial charge in [0.15, 0.2) is 0 Å². The molecular formula is C14H17FN2O2S. The van der Waals surface area contributed by atoms with Gasteiger partial charge in [0.1, 0.15) is 5.82 Å². The molecule has 1 amide bonds. The molecule has 2 heterocycles. The molecule has 20 heavy (non-hydrogen) atoms. The van der Waals surface area contributed by atoms with Crippen molar-refractivity contribution < 1.29 is 14.3 Å². The van der Waals surface area contributed by atoms with Crippen molar-refractivity contribution in [3.63, 3.8) is 0 Å². The van der Waals surface area contributed by atoms with Gasteiger partial charge in [-0.25, -0.2) is 4.39 Å². The summed E-state index contributed by atoms with van der Waals surface area (Å²) in [4.78, 5) is 13.2. The number of nitrogens with one attached hydrogen (secondary N) is 2. The van der Waals surface area contributed by atoms with Crippen LogP contribution in [0, 0.1) is 5.82 Å². The third kappa shape index (κ3) is 2.82. The van der Waals surface area contributed by atoms with E-state index >= 15 is 0 Å². The van der Waals surface area contributed by atoms with E-state index in [4.69, 9.17) is 0 Å². The quantitative estimate of drug-likeness (QED) is 0.767. The minimum absolute atomic E-state index is 0.117. The van der Waals surface area contributed by atoms with E-state index < -0.39 is 6.10 Å². The number of aliphatic hydroxyl groups is 1. The van der Waals surface area contributed by atoms with Crippen LogP contribution in [0.1, 0.15) is 24.4 Å². The molecule has 0 aliphatic carbocycles. The molecule has 3 N–H and O–H groups in total. The smallest absolute Gasteiger partial charge is 0.237 e. The molecule has 2 aliphatic heterocycles. The van der Waals surface area contributed by atoms with Gasteiger partial charge in [0, 0.05) is 17.2 Å². The van der Waals surface area contributed by atoms with E-state index in [-0.39, 0.29) is 23.8 Å². The van der Waals surface area contributed by atoms with Crippen molar-refractivity contribution in [1.82, 2.24) is 10.6 Å². The maximum Gasteiger partial charge on any atom is 0.237 e. The van der Waals surface area contributed by atoms with Crippen molar-refractivity contribution in [3.05, 3.63) is 29.6 Å². The van der Waals surface area contributed by atoms with Crippen molar-refractivity contribution in [2.45, 2.75) is 35.9 Å². The highest BCUT2D eigenvalue weighted by molar-refractivity contribution is 7.99. The first-order valence-corrected chi connectivity index (χ1v) is 7.76. The summed E-state index contributed by atoms with van der Waals surface area (Å²) in [6.07, 6.45) is 0.767. The van der Waals surface area contributed by atoms with Gasteiger partial charge in [-0.3, -0.25) is 4.79 Å². The van der Waals surface area contributed by atoms with Crippen LogP contribution >= 0.6 is 11.8 Å². The van der Waals surface area contributed by atoms with E-state index in [2.05, 4.69) is 10.6 Å². The number of rotatable bonds is 2. The Balaban J connectivity index is 1.73. The van der Waals surface area contributed by atoms with E-state index in [1.54, 1.807) is 17.8 Å². The summed E-state index contributed by atoms with van der Waals surface area (Å²) in [5.41, 5.74) is 0.855. The molecule has 3 unspecified atom stereocenters. The number of fused-ring (bicyclic) bond motifs is 1. The van der Waals surface area contributed by atoms with Gasteiger partial charge in [-0.2, -0.15) is 0 Å². The number of benzene rings is 1. The van der Waals surface area contributed by atoms with Crippen LogP contribution in [0.3, 0.4) is 0 Å². The topological polar surface area (TPSA) is 61.4 Å². The van der Waals surface area contributed by atoms with Crippen LogP contribution in [0.25, 0.3) is 0 Å². The average Bonchev–Trinajstić information content (AvgIpc) is 2.86. The van der Waals surface area contributed by atoms with Crippen LogP contribution in [-0.4, -0.2) is 35.5 Å². The molecule has 2 aliphatic rings. The highest BCUT2D eigenvalue weighted by Gasteiger charge is 2.31. The summed E-state index contributed by atoms with van der Waals surface area (Å²) in [6.45, 7) is 0.448. The molecule has 1 aromatic carbocycles. The first-order chi connectivity index (χ1) is 9.63. The van der Waals surface area contributed by atoms with Crippen molar-refractivity contribution in [2.75, 3.05) is 12.3 Å². The molecule has 1 saturated heterocycles. The van der Waals surface area contributed by atoms with Crippen molar-refractivity contribution in [1.29, 1.82) is 0 Å². The number of carbonyl (C=O) groups is 1. The van der Waals surface area contributed by atoms with Crippen molar-refractivity contribution >= 4 is 17.7 Å². The molecule has 3 atom stereocenters. The van der Waals surface area contributed by atoms with Crippen LogP contribution < -0.4 is 10.6 Å². The Hall–Kier alpha value is -1.11. The maximum atomic E-state index is 13.4.